The van der Waals surface area contributed by atoms with E-state index in [1.807, 2.05) is 0 Å². The summed E-state index contributed by atoms with van der Waals surface area (Å²) in [4.78, 5) is 5.19. The molecule has 0 saturated carbocycles. The smallest absolute Gasteiger partial charge is 0.297 e. The Bertz CT molecular complexity index is 2810. The Morgan fingerprint density at radius 2 is 1.22 bits per heavy atom. The molecule has 59 heavy (non-hydrogen) atoms. The topological polar surface area (TPSA) is 19.6 Å². The van der Waals surface area contributed by atoms with E-state index in [4.69, 9.17) is 4.42 Å². The number of fused-ring (bicyclic) bond motifs is 8. The number of nitrogens with zero attached hydrogens (tertiary/aromatic N) is 2. The maximum atomic E-state index is 7.22. The van der Waals surface area contributed by atoms with E-state index >= 15 is 0 Å². The zero-order valence-electron chi connectivity index (χ0n) is 36.8. The second-order valence-electron chi connectivity index (χ2n) is 21.0. The number of furan rings is 1. The highest BCUT2D eigenvalue weighted by Gasteiger charge is 2.50. The van der Waals surface area contributed by atoms with E-state index in [9.17, 15) is 0 Å². The highest BCUT2D eigenvalue weighted by Crippen LogP contribution is 2.55. The Morgan fingerprint density at radius 1 is 0.593 bits per heavy atom. The summed E-state index contributed by atoms with van der Waals surface area (Å²) >= 11 is 0. The predicted molar refractivity (Wildman–Crippen MR) is 253 cm³/mol. The minimum atomic E-state index is -0.0977. The monoisotopic (exact) mass is 772 g/mol. The molecule has 0 saturated heterocycles. The highest BCUT2D eigenvalue weighted by molar-refractivity contribution is 7.00. The number of anilines is 6. The number of benzene rings is 6. The molecule has 6 aromatic carbocycles. The average molecular weight is 773 g/mol. The van der Waals surface area contributed by atoms with Crippen LogP contribution in [0.3, 0.4) is 0 Å². The van der Waals surface area contributed by atoms with Crippen molar-refractivity contribution in [3.63, 3.8) is 0 Å². The van der Waals surface area contributed by atoms with Crippen LogP contribution in [0.1, 0.15) is 110 Å². The second kappa shape index (κ2) is 12.8. The molecule has 0 spiro atoms. The van der Waals surface area contributed by atoms with E-state index < -0.39 is 0 Å². The van der Waals surface area contributed by atoms with Crippen LogP contribution < -0.4 is 26.4 Å². The third kappa shape index (κ3) is 5.76. The van der Waals surface area contributed by atoms with Gasteiger partial charge in [0.05, 0.1) is 17.0 Å². The zero-order valence-corrected chi connectivity index (χ0v) is 36.8. The van der Waals surface area contributed by atoms with Gasteiger partial charge in [-0.2, -0.15) is 0 Å². The Morgan fingerprint density at radius 3 is 1.92 bits per heavy atom. The SMILES string of the molecule is Cc1cc2c3c(c1)N(c1ccc(C(C)(C)C)cc1)c1c(oc4ccccc14)B3c1ccc3c(c1N2c1ccc(C(C)(C)C)cc1-c1ccccc1)C(C)(C)CCC3(C)C. The fourth-order valence-electron chi connectivity index (χ4n) is 10.5. The molecule has 296 valence electrons. The summed E-state index contributed by atoms with van der Waals surface area (Å²) in [6.45, 7) is 25.9. The second-order valence-corrected chi connectivity index (χ2v) is 21.0. The van der Waals surface area contributed by atoms with Crippen molar-refractivity contribution in [1.29, 1.82) is 0 Å². The molecule has 0 atom stereocenters. The van der Waals surface area contributed by atoms with Gasteiger partial charge < -0.3 is 14.2 Å². The van der Waals surface area contributed by atoms with E-state index in [2.05, 4.69) is 207 Å². The van der Waals surface area contributed by atoms with Crippen LogP contribution in [-0.4, -0.2) is 6.71 Å². The van der Waals surface area contributed by atoms with Crippen molar-refractivity contribution < 1.29 is 4.42 Å². The lowest BCUT2D eigenvalue weighted by Crippen LogP contribution is -2.61. The molecule has 3 aliphatic rings. The molecule has 0 N–H and O–H groups in total. The Kier molecular flexibility index (Phi) is 8.17. The van der Waals surface area contributed by atoms with Crippen LogP contribution in [0.5, 0.6) is 0 Å². The van der Waals surface area contributed by atoms with Crippen LogP contribution in [0.4, 0.5) is 34.1 Å². The van der Waals surface area contributed by atoms with Crippen LogP contribution in [0, 0.1) is 6.92 Å². The predicted octanol–water partition coefficient (Wildman–Crippen LogP) is 13.4. The summed E-state index contributed by atoms with van der Waals surface area (Å²) in [5.74, 6) is 0. The first-order chi connectivity index (χ1) is 27.9. The molecule has 4 heteroatoms. The molecule has 3 heterocycles. The van der Waals surface area contributed by atoms with E-state index in [1.54, 1.807) is 0 Å². The van der Waals surface area contributed by atoms with Gasteiger partial charge in [-0.3, -0.25) is 0 Å². The molecule has 7 aromatic rings. The Hall–Kier alpha value is -5.48. The average Bonchev–Trinajstić information content (AvgIpc) is 3.58. The van der Waals surface area contributed by atoms with Gasteiger partial charge >= 0.3 is 0 Å². The first kappa shape index (κ1) is 37.8. The summed E-state index contributed by atoms with van der Waals surface area (Å²) in [6.07, 6.45) is 2.28. The van der Waals surface area contributed by atoms with Gasteiger partial charge in [-0.05, 0) is 134 Å². The standard InChI is InChI=1S/C55H57BN2O/c1-34-31-44-48-45(32-34)58(43-28-23-37(53(5,6)7)33-40(43)35-17-13-12-14-18-35)50-42(27-26-41-47(50)55(10,11)30-29-54(41,8)9)56(48)51-49(39-19-15-16-20-46(39)59-51)57(44)38-24-21-36(22-25-38)52(2,3)4/h12-28,31-33H,29-30H2,1-11H3. The summed E-state index contributed by atoms with van der Waals surface area (Å²) in [5.41, 5.74) is 21.1. The fourth-order valence-corrected chi connectivity index (χ4v) is 10.5. The van der Waals surface area contributed by atoms with Gasteiger partial charge in [0.25, 0.3) is 6.71 Å². The number of para-hydroxylation sites is 1. The molecule has 0 fully saturated rings. The first-order valence-electron chi connectivity index (χ1n) is 21.7. The lowest BCUT2D eigenvalue weighted by atomic mass is 9.35. The summed E-state index contributed by atoms with van der Waals surface area (Å²) in [5, 5.41) is 1.14. The lowest BCUT2D eigenvalue weighted by molar-refractivity contribution is 0.333. The zero-order chi connectivity index (χ0) is 41.4. The molecule has 3 nitrogen and oxygen atoms in total. The van der Waals surface area contributed by atoms with Crippen molar-refractivity contribution in [2.24, 2.45) is 0 Å². The first-order valence-corrected chi connectivity index (χ1v) is 21.7. The third-order valence-electron chi connectivity index (χ3n) is 13.8. The number of rotatable bonds is 3. The Balaban J connectivity index is 1.36. The molecule has 0 unspecified atom stereocenters. The highest BCUT2D eigenvalue weighted by atomic mass is 16.3. The van der Waals surface area contributed by atoms with Crippen molar-refractivity contribution in [2.45, 2.75) is 111 Å². The fraction of sp³-hybridized carbons (Fsp3) is 0.309. The number of aryl methyl sites for hydroxylation is 1. The van der Waals surface area contributed by atoms with Gasteiger partial charge in [-0.1, -0.05) is 142 Å². The van der Waals surface area contributed by atoms with E-state index in [-0.39, 0.29) is 28.4 Å². The van der Waals surface area contributed by atoms with Crippen molar-refractivity contribution in [3.05, 3.63) is 149 Å². The maximum Gasteiger partial charge on any atom is 0.297 e. The van der Waals surface area contributed by atoms with Crippen LogP contribution in [0.2, 0.25) is 0 Å². The molecule has 2 aliphatic heterocycles. The number of hydrogen-bond donors (Lipinski definition) is 0. The van der Waals surface area contributed by atoms with E-state index in [0.29, 0.717) is 0 Å². The van der Waals surface area contributed by atoms with Crippen molar-refractivity contribution in [2.75, 3.05) is 9.80 Å². The van der Waals surface area contributed by atoms with Gasteiger partial charge in [0.2, 0.25) is 0 Å². The van der Waals surface area contributed by atoms with Gasteiger partial charge in [0, 0.05) is 33.7 Å². The lowest BCUT2D eigenvalue weighted by Gasteiger charge is -2.49. The summed E-state index contributed by atoms with van der Waals surface area (Å²) in [7, 11) is 0. The normalized spacial score (nSPS) is 16.4. The van der Waals surface area contributed by atoms with Gasteiger partial charge in [0.15, 0.2) is 0 Å². The quantitative estimate of drug-likeness (QED) is 0.167. The third-order valence-corrected chi connectivity index (χ3v) is 13.8. The molecule has 10 rings (SSSR count). The molecule has 1 aromatic heterocycles. The van der Waals surface area contributed by atoms with E-state index in [1.165, 1.54) is 72.6 Å². The maximum absolute atomic E-state index is 7.22. The molecular formula is C55H57BN2O. The largest absolute Gasteiger partial charge is 0.468 e. The van der Waals surface area contributed by atoms with Crippen LogP contribution in [-0.2, 0) is 21.7 Å². The van der Waals surface area contributed by atoms with E-state index in [0.717, 1.165) is 40.8 Å². The van der Waals surface area contributed by atoms with Crippen molar-refractivity contribution in [1.82, 2.24) is 0 Å². The molecular weight excluding hydrogens is 715 g/mol. The van der Waals surface area contributed by atoms with Crippen LogP contribution >= 0.6 is 0 Å². The molecule has 0 radical (unpaired) electrons. The summed E-state index contributed by atoms with van der Waals surface area (Å²) < 4.78 is 7.22. The molecule has 0 bridgehead atoms. The minimum absolute atomic E-state index is 0.0125. The van der Waals surface area contributed by atoms with Crippen molar-refractivity contribution in [3.8, 4) is 11.1 Å². The number of hydrogen-bond acceptors (Lipinski definition) is 3. The van der Waals surface area contributed by atoms with Gasteiger partial charge in [0.1, 0.15) is 5.58 Å². The molecule has 1 aliphatic carbocycles. The molecule has 0 amide bonds. The summed E-state index contributed by atoms with van der Waals surface area (Å²) in [6, 6.07) is 46.0. The van der Waals surface area contributed by atoms with Crippen LogP contribution in [0.25, 0.3) is 22.1 Å². The van der Waals surface area contributed by atoms with Gasteiger partial charge in [-0.15, -0.1) is 0 Å². The Labute approximate surface area is 352 Å². The van der Waals surface area contributed by atoms with Crippen LogP contribution in [0.15, 0.2) is 126 Å². The van der Waals surface area contributed by atoms with Crippen molar-refractivity contribution >= 4 is 68.4 Å². The minimum Gasteiger partial charge on any atom is -0.468 e. The van der Waals surface area contributed by atoms with Gasteiger partial charge in [-0.25, -0.2) is 0 Å².